The van der Waals surface area contributed by atoms with Crippen molar-refractivity contribution < 1.29 is 14.3 Å². The fraction of sp³-hybridized carbons (Fsp3) is 0.154. The summed E-state index contributed by atoms with van der Waals surface area (Å²) < 4.78 is 6.37. The van der Waals surface area contributed by atoms with Gasteiger partial charge in [-0.1, -0.05) is 65.9 Å². The smallest absolute Gasteiger partial charge is 0.339 e. The van der Waals surface area contributed by atoms with E-state index >= 15 is 0 Å². The zero-order chi connectivity index (χ0) is 24.1. The van der Waals surface area contributed by atoms with Gasteiger partial charge >= 0.3 is 5.97 Å². The average molecular weight is 474 g/mol. The summed E-state index contributed by atoms with van der Waals surface area (Å²) in [6.45, 7) is 2.35. The molecule has 0 atom stereocenters. The van der Waals surface area contributed by atoms with Crippen LogP contribution in [0.3, 0.4) is 0 Å². The van der Waals surface area contributed by atoms with Crippen molar-refractivity contribution in [2.75, 3.05) is 18.2 Å². The minimum atomic E-state index is -0.535. The quantitative estimate of drug-likeness (QED) is 0.245. The van der Waals surface area contributed by atoms with E-state index in [9.17, 15) is 14.4 Å². The largest absolute Gasteiger partial charge is 0.465 e. The van der Waals surface area contributed by atoms with Gasteiger partial charge in [-0.25, -0.2) is 9.78 Å². The Morgan fingerprint density at radius 2 is 1.71 bits per heavy atom. The van der Waals surface area contributed by atoms with Crippen molar-refractivity contribution in [3.63, 3.8) is 0 Å². The lowest BCUT2D eigenvalue weighted by atomic mass is 10.1. The van der Waals surface area contributed by atoms with Gasteiger partial charge in [0.25, 0.3) is 5.56 Å². The zero-order valence-corrected chi connectivity index (χ0v) is 19.6. The van der Waals surface area contributed by atoms with E-state index in [1.165, 1.54) is 18.9 Å². The minimum Gasteiger partial charge on any atom is -0.465 e. The highest BCUT2D eigenvalue weighted by Crippen LogP contribution is 2.21. The highest BCUT2D eigenvalue weighted by Gasteiger charge is 2.16. The van der Waals surface area contributed by atoms with Crippen molar-refractivity contribution in [1.29, 1.82) is 0 Å². The van der Waals surface area contributed by atoms with E-state index in [0.29, 0.717) is 28.3 Å². The second-order valence-electron chi connectivity index (χ2n) is 7.66. The highest BCUT2D eigenvalue weighted by atomic mass is 32.2. The minimum absolute atomic E-state index is 0.00812. The topological polar surface area (TPSA) is 90.3 Å². The summed E-state index contributed by atoms with van der Waals surface area (Å²) in [5, 5.41) is 3.72. The molecule has 0 unspecified atom stereocenters. The summed E-state index contributed by atoms with van der Waals surface area (Å²) in [6, 6.07) is 21.7. The molecular weight excluding hydrogens is 450 g/mol. The first-order valence-corrected chi connectivity index (χ1v) is 11.6. The lowest BCUT2D eigenvalue weighted by molar-refractivity contribution is -0.113. The number of anilines is 1. The molecule has 0 aliphatic heterocycles. The SMILES string of the molecule is COC(=O)c1ccccc1NC(=O)CSc1nc2ccccc2c(=O)n1Cc1ccc(C)cc1. The molecule has 172 valence electrons. The molecule has 0 saturated heterocycles. The number of rotatable bonds is 7. The second-order valence-corrected chi connectivity index (χ2v) is 8.60. The number of thioether (sulfide) groups is 1. The Bertz CT molecular complexity index is 1410. The third-order valence-electron chi connectivity index (χ3n) is 5.23. The third kappa shape index (κ3) is 5.18. The number of benzene rings is 3. The van der Waals surface area contributed by atoms with Gasteiger partial charge in [0, 0.05) is 0 Å². The van der Waals surface area contributed by atoms with Crippen LogP contribution in [0, 0.1) is 6.92 Å². The fourth-order valence-corrected chi connectivity index (χ4v) is 4.27. The maximum absolute atomic E-state index is 13.3. The Balaban J connectivity index is 1.60. The van der Waals surface area contributed by atoms with E-state index in [4.69, 9.17) is 4.74 Å². The fourth-order valence-electron chi connectivity index (χ4n) is 3.47. The summed E-state index contributed by atoms with van der Waals surface area (Å²) in [5.41, 5.74) is 3.14. The molecule has 4 aromatic rings. The number of aryl methyl sites for hydroxylation is 1. The summed E-state index contributed by atoms with van der Waals surface area (Å²) in [6.07, 6.45) is 0. The number of amides is 1. The molecule has 1 aromatic heterocycles. The molecule has 0 aliphatic carbocycles. The van der Waals surface area contributed by atoms with E-state index in [-0.39, 0.29) is 22.8 Å². The third-order valence-corrected chi connectivity index (χ3v) is 6.20. The molecule has 1 heterocycles. The van der Waals surface area contributed by atoms with Crippen LogP contribution in [0.15, 0.2) is 82.7 Å². The summed E-state index contributed by atoms with van der Waals surface area (Å²) in [5.74, 6) is -0.855. The number of nitrogens with zero attached hydrogens (tertiary/aromatic N) is 2. The van der Waals surface area contributed by atoms with Gasteiger partial charge in [0.2, 0.25) is 5.91 Å². The number of fused-ring (bicyclic) bond motifs is 1. The molecule has 1 N–H and O–H groups in total. The molecule has 1 amide bonds. The molecule has 7 nitrogen and oxygen atoms in total. The van der Waals surface area contributed by atoms with Crippen LogP contribution in [-0.4, -0.2) is 34.3 Å². The van der Waals surface area contributed by atoms with Gasteiger partial charge in [-0.15, -0.1) is 0 Å². The van der Waals surface area contributed by atoms with Crippen molar-refractivity contribution in [1.82, 2.24) is 9.55 Å². The maximum Gasteiger partial charge on any atom is 0.339 e. The first-order chi connectivity index (χ1) is 16.5. The molecule has 0 aliphatic rings. The van der Waals surface area contributed by atoms with Crippen LogP contribution >= 0.6 is 11.8 Å². The van der Waals surface area contributed by atoms with Crippen LogP contribution in [0.5, 0.6) is 0 Å². The summed E-state index contributed by atoms with van der Waals surface area (Å²) >= 11 is 1.17. The van der Waals surface area contributed by atoms with E-state index < -0.39 is 5.97 Å². The molecule has 0 radical (unpaired) electrons. The summed E-state index contributed by atoms with van der Waals surface area (Å²) in [7, 11) is 1.29. The number of hydrogen-bond acceptors (Lipinski definition) is 6. The summed E-state index contributed by atoms with van der Waals surface area (Å²) in [4.78, 5) is 42.6. The normalized spacial score (nSPS) is 10.8. The van der Waals surface area contributed by atoms with Crippen LogP contribution in [0.4, 0.5) is 5.69 Å². The van der Waals surface area contributed by atoms with Gasteiger partial charge in [0.1, 0.15) is 0 Å². The molecule has 0 fully saturated rings. The lowest BCUT2D eigenvalue weighted by Crippen LogP contribution is -2.25. The highest BCUT2D eigenvalue weighted by molar-refractivity contribution is 7.99. The Hall–Kier alpha value is -3.91. The molecule has 3 aromatic carbocycles. The number of ether oxygens (including phenoxy) is 1. The number of methoxy groups -OCH3 is 1. The molecule has 0 saturated carbocycles. The molecule has 4 rings (SSSR count). The standard InChI is InChI=1S/C26H23N3O4S/c1-17-11-13-18(14-12-17)15-29-24(31)19-7-3-5-9-21(19)28-26(29)34-16-23(30)27-22-10-6-4-8-20(22)25(32)33-2/h3-14H,15-16H2,1-2H3,(H,27,30). The predicted octanol–water partition coefficient (Wildman–Crippen LogP) is 4.27. The Kier molecular flexibility index (Phi) is 7.08. The van der Waals surface area contributed by atoms with E-state index in [2.05, 4.69) is 10.3 Å². The van der Waals surface area contributed by atoms with Crippen LogP contribution in [-0.2, 0) is 16.1 Å². The van der Waals surface area contributed by atoms with Crippen LogP contribution in [0.2, 0.25) is 0 Å². The van der Waals surface area contributed by atoms with Gasteiger partial charge < -0.3 is 10.1 Å². The van der Waals surface area contributed by atoms with Crippen molar-refractivity contribution >= 4 is 40.2 Å². The van der Waals surface area contributed by atoms with Crippen LogP contribution < -0.4 is 10.9 Å². The lowest BCUT2D eigenvalue weighted by Gasteiger charge is -2.14. The number of aromatic nitrogens is 2. The first kappa shape index (κ1) is 23.3. The van der Waals surface area contributed by atoms with E-state index in [1.54, 1.807) is 47.0 Å². The number of hydrogen-bond donors (Lipinski definition) is 1. The van der Waals surface area contributed by atoms with Gasteiger partial charge in [-0.3, -0.25) is 14.2 Å². The Morgan fingerprint density at radius 3 is 2.47 bits per heavy atom. The van der Waals surface area contributed by atoms with Crippen LogP contribution in [0.25, 0.3) is 10.9 Å². The van der Waals surface area contributed by atoms with Gasteiger partial charge in [0.05, 0.1) is 41.6 Å². The predicted molar refractivity (Wildman–Crippen MR) is 133 cm³/mol. The molecule has 0 spiro atoms. The van der Waals surface area contributed by atoms with Crippen molar-refractivity contribution in [3.8, 4) is 0 Å². The van der Waals surface area contributed by atoms with Crippen LogP contribution in [0.1, 0.15) is 21.5 Å². The van der Waals surface area contributed by atoms with Crippen molar-refractivity contribution in [3.05, 3.63) is 99.8 Å². The number of carbonyl (C=O) groups is 2. The number of para-hydroxylation sites is 2. The molecule has 0 bridgehead atoms. The maximum atomic E-state index is 13.3. The molecule has 8 heteroatoms. The molecular formula is C26H23N3O4S. The van der Waals surface area contributed by atoms with E-state index in [1.807, 2.05) is 37.3 Å². The number of esters is 1. The monoisotopic (exact) mass is 473 g/mol. The first-order valence-electron chi connectivity index (χ1n) is 10.6. The van der Waals surface area contributed by atoms with Gasteiger partial charge in [0.15, 0.2) is 5.16 Å². The van der Waals surface area contributed by atoms with Gasteiger partial charge in [-0.05, 0) is 36.8 Å². The second kappa shape index (κ2) is 10.4. The Morgan fingerprint density at radius 1 is 1.00 bits per heavy atom. The van der Waals surface area contributed by atoms with E-state index in [0.717, 1.165) is 11.1 Å². The Labute approximate surface area is 200 Å². The molecule has 34 heavy (non-hydrogen) atoms. The number of carbonyl (C=O) groups excluding carboxylic acids is 2. The average Bonchev–Trinajstić information content (AvgIpc) is 2.86. The van der Waals surface area contributed by atoms with Crippen molar-refractivity contribution in [2.45, 2.75) is 18.6 Å². The zero-order valence-electron chi connectivity index (χ0n) is 18.8. The number of nitrogens with one attached hydrogen (secondary N) is 1. The van der Waals surface area contributed by atoms with Crippen molar-refractivity contribution in [2.24, 2.45) is 0 Å². The van der Waals surface area contributed by atoms with Gasteiger partial charge in [-0.2, -0.15) is 0 Å².